The zero-order valence-electron chi connectivity index (χ0n) is 11.7. The number of ether oxygens (including phenoxy) is 1. The van der Waals surface area contributed by atoms with E-state index in [4.69, 9.17) is 4.74 Å². The highest BCUT2D eigenvalue weighted by Crippen LogP contribution is 2.42. The first-order valence-electron chi connectivity index (χ1n) is 6.03. The summed E-state index contributed by atoms with van der Waals surface area (Å²) in [5.41, 5.74) is -0.470. The Balaban J connectivity index is 2.61. The maximum Gasteiger partial charge on any atom is 0.410 e. The average Bonchev–Trinajstić information content (AvgIpc) is 2.06. The summed E-state index contributed by atoms with van der Waals surface area (Å²) in [7, 11) is -2.10. The summed E-state index contributed by atoms with van der Waals surface area (Å²) in [4.78, 5) is 13.6. The molecular formula is C12H24NO3P. The average molecular weight is 261 g/mol. The van der Waals surface area contributed by atoms with Gasteiger partial charge in [0.2, 0.25) is 0 Å². The minimum atomic E-state index is -2.10. The number of hydrogen-bond donors (Lipinski definition) is 0. The highest BCUT2D eigenvalue weighted by molar-refractivity contribution is 7.62. The Kier molecular flexibility index (Phi) is 3.97. The highest BCUT2D eigenvalue weighted by Gasteiger charge is 2.42. The summed E-state index contributed by atoms with van der Waals surface area (Å²) >= 11 is 0. The van der Waals surface area contributed by atoms with Crippen molar-refractivity contribution in [2.45, 2.75) is 39.3 Å². The predicted octanol–water partition coefficient (Wildman–Crippen LogP) is 2.86. The summed E-state index contributed by atoms with van der Waals surface area (Å²) in [6, 6.07) is 0.0747. The van der Waals surface area contributed by atoms with Gasteiger partial charge in [0.25, 0.3) is 0 Å². The molecule has 4 nitrogen and oxygen atoms in total. The zero-order valence-corrected chi connectivity index (χ0v) is 12.6. The Labute approximate surface area is 104 Å². The number of hydrogen-bond acceptors (Lipinski definition) is 3. The molecule has 0 aliphatic carbocycles. The molecule has 17 heavy (non-hydrogen) atoms. The van der Waals surface area contributed by atoms with Crippen LogP contribution in [-0.2, 0) is 9.30 Å². The van der Waals surface area contributed by atoms with Crippen molar-refractivity contribution < 1.29 is 14.1 Å². The molecule has 0 radical (unpaired) electrons. The normalized spacial score (nSPS) is 25.4. The molecule has 1 rings (SSSR count). The lowest BCUT2D eigenvalue weighted by molar-refractivity contribution is -0.0200. The molecule has 0 spiro atoms. The molecule has 0 N–H and O–H groups in total. The summed E-state index contributed by atoms with van der Waals surface area (Å²) in [6.45, 7) is 11.9. The first-order chi connectivity index (χ1) is 7.49. The fourth-order valence-corrected chi connectivity index (χ4v) is 3.45. The van der Waals surface area contributed by atoms with Crippen LogP contribution in [0.1, 0.15) is 27.7 Å². The number of carbonyl (C=O) groups is 1. The second-order valence-electron chi connectivity index (χ2n) is 6.43. The van der Waals surface area contributed by atoms with Gasteiger partial charge in [0.05, 0.1) is 7.14 Å². The first kappa shape index (κ1) is 14.6. The number of likely N-dealkylation sites (tertiary alicyclic amines) is 1. The zero-order chi connectivity index (χ0) is 13.4. The molecule has 5 heteroatoms. The van der Waals surface area contributed by atoms with Gasteiger partial charge >= 0.3 is 6.09 Å². The van der Waals surface area contributed by atoms with Gasteiger partial charge in [0.15, 0.2) is 0 Å². The van der Waals surface area contributed by atoms with E-state index in [1.54, 1.807) is 18.2 Å². The monoisotopic (exact) mass is 261 g/mol. The van der Waals surface area contributed by atoms with Gasteiger partial charge in [-0.2, -0.15) is 0 Å². The van der Waals surface area contributed by atoms with Gasteiger partial charge in [-0.3, -0.25) is 0 Å². The fraction of sp³-hybridized carbons (Fsp3) is 0.917. The lowest BCUT2D eigenvalue weighted by Gasteiger charge is -2.47. The van der Waals surface area contributed by atoms with E-state index in [0.717, 1.165) is 0 Å². The second kappa shape index (κ2) is 4.64. The Bertz CT molecular complexity index is 342. The minimum absolute atomic E-state index is 0.0747. The molecule has 1 heterocycles. The Morgan fingerprint density at radius 3 is 2.29 bits per heavy atom. The van der Waals surface area contributed by atoms with Crippen molar-refractivity contribution in [3.8, 4) is 0 Å². The van der Waals surface area contributed by atoms with Crippen molar-refractivity contribution >= 4 is 13.2 Å². The van der Waals surface area contributed by atoms with Crippen molar-refractivity contribution in [1.29, 1.82) is 0 Å². The van der Waals surface area contributed by atoms with Crippen LogP contribution in [0.15, 0.2) is 0 Å². The van der Waals surface area contributed by atoms with E-state index >= 15 is 0 Å². The summed E-state index contributed by atoms with van der Waals surface area (Å²) in [5, 5.41) is 0. The van der Waals surface area contributed by atoms with Crippen LogP contribution in [0.5, 0.6) is 0 Å². The van der Waals surface area contributed by atoms with Crippen LogP contribution in [0, 0.1) is 5.92 Å². The first-order valence-corrected chi connectivity index (χ1v) is 8.82. The molecule has 2 unspecified atom stereocenters. The van der Waals surface area contributed by atoms with Gasteiger partial charge < -0.3 is 14.2 Å². The standard InChI is InChI=1S/C12H24NO3P/c1-9-7-13(10(9)8-17(5,6)15)11(14)16-12(2,3)4/h9-10H,7-8H2,1-6H3. The lowest BCUT2D eigenvalue weighted by Crippen LogP contribution is -2.60. The second-order valence-corrected chi connectivity index (χ2v) is 9.95. The van der Waals surface area contributed by atoms with Crippen LogP contribution >= 0.6 is 7.14 Å². The van der Waals surface area contributed by atoms with E-state index in [1.165, 1.54) is 0 Å². The molecule has 2 atom stereocenters. The van der Waals surface area contributed by atoms with E-state index in [2.05, 4.69) is 6.92 Å². The van der Waals surface area contributed by atoms with Gasteiger partial charge in [-0.05, 0) is 40.0 Å². The molecule has 0 saturated carbocycles. The third-order valence-corrected chi connectivity index (χ3v) is 4.05. The Morgan fingerprint density at radius 2 is 1.94 bits per heavy atom. The third kappa shape index (κ3) is 4.34. The van der Waals surface area contributed by atoms with E-state index < -0.39 is 12.7 Å². The molecule has 1 aliphatic rings. The topological polar surface area (TPSA) is 46.6 Å². The molecule has 0 bridgehead atoms. The molecular weight excluding hydrogens is 237 g/mol. The van der Waals surface area contributed by atoms with Gasteiger partial charge in [-0.1, -0.05) is 6.92 Å². The van der Waals surface area contributed by atoms with Crippen molar-refractivity contribution in [1.82, 2.24) is 4.90 Å². The molecule has 1 aliphatic heterocycles. The van der Waals surface area contributed by atoms with Crippen molar-refractivity contribution in [2.75, 3.05) is 26.0 Å². The molecule has 1 fully saturated rings. The van der Waals surface area contributed by atoms with E-state index in [9.17, 15) is 9.36 Å². The number of rotatable bonds is 2. The van der Waals surface area contributed by atoms with E-state index in [-0.39, 0.29) is 12.1 Å². The smallest absolute Gasteiger partial charge is 0.410 e. The maximum atomic E-state index is 11.9. The van der Waals surface area contributed by atoms with E-state index in [0.29, 0.717) is 18.6 Å². The fourth-order valence-electron chi connectivity index (χ4n) is 2.00. The number of nitrogens with zero attached hydrogens (tertiary/aromatic N) is 1. The predicted molar refractivity (Wildman–Crippen MR) is 70.2 cm³/mol. The Morgan fingerprint density at radius 1 is 1.41 bits per heavy atom. The van der Waals surface area contributed by atoms with Crippen molar-refractivity contribution in [2.24, 2.45) is 5.92 Å². The van der Waals surface area contributed by atoms with Crippen LogP contribution < -0.4 is 0 Å². The Hall–Kier alpha value is -0.500. The molecule has 1 amide bonds. The molecule has 0 aromatic carbocycles. The van der Waals surface area contributed by atoms with Crippen LogP contribution in [0.2, 0.25) is 0 Å². The number of carbonyl (C=O) groups excluding carboxylic acids is 1. The summed E-state index contributed by atoms with van der Waals surface area (Å²) < 4.78 is 17.2. The number of amides is 1. The van der Waals surface area contributed by atoms with Gasteiger partial charge in [0, 0.05) is 18.7 Å². The third-order valence-electron chi connectivity index (χ3n) is 2.80. The summed E-state index contributed by atoms with van der Waals surface area (Å²) in [5.74, 6) is 0.413. The van der Waals surface area contributed by atoms with Gasteiger partial charge in [-0.25, -0.2) is 4.79 Å². The van der Waals surface area contributed by atoms with Crippen LogP contribution in [-0.4, -0.2) is 48.7 Å². The molecule has 100 valence electrons. The van der Waals surface area contributed by atoms with Crippen molar-refractivity contribution in [3.63, 3.8) is 0 Å². The van der Waals surface area contributed by atoms with E-state index in [1.807, 2.05) is 20.8 Å². The molecule has 0 aromatic rings. The van der Waals surface area contributed by atoms with Crippen LogP contribution in [0.25, 0.3) is 0 Å². The quantitative estimate of drug-likeness (QED) is 0.718. The maximum absolute atomic E-state index is 11.9. The summed E-state index contributed by atoms with van der Waals surface area (Å²) in [6.07, 6.45) is 0.307. The van der Waals surface area contributed by atoms with Crippen molar-refractivity contribution in [3.05, 3.63) is 0 Å². The van der Waals surface area contributed by atoms with Gasteiger partial charge in [0.1, 0.15) is 5.60 Å². The molecule has 0 aromatic heterocycles. The lowest BCUT2D eigenvalue weighted by atomic mass is 9.92. The molecule has 1 saturated heterocycles. The van der Waals surface area contributed by atoms with Gasteiger partial charge in [-0.15, -0.1) is 0 Å². The minimum Gasteiger partial charge on any atom is -0.444 e. The highest BCUT2D eigenvalue weighted by atomic mass is 31.2. The van der Waals surface area contributed by atoms with Crippen LogP contribution in [0.4, 0.5) is 4.79 Å². The SMILES string of the molecule is CC1CN(C(=O)OC(C)(C)C)C1CP(C)(C)=O. The largest absolute Gasteiger partial charge is 0.444 e. The van der Waals surface area contributed by atoms with Crippen LogP contribution in [0.3, 0.4) is 0 Å².